The molecular weight excluding hydrogens is 150 g/mol. The lowest BCUT2D eigenvalue weighted by Crippen LogP contribution is -2.05. The van der Waals surface area contributed by atoms with Crippen molar-refractivity contribution in [2.75, 3.05) is 11.9 Å². The van der Waals surface area contributed by atoms with Crippen LogP contribution in [0.25, 0.3) is 0 Å². The van der Waals surface area contributed by atoms with Gasteiger partial charge in [-0.05, 0) is 13.3 Å². The Hall–Kier alpha value is -1.12. The van der Waals surface area contributed by atoms with E-state index in [1.54, 1.807) is 12.4 Å². The summed E-state index contributed by atoms with van der Waals surface area (Å²) in [7, 11) is 0. The number of rotatable bonds is 4. The van der Waals surface area contributed by atoms with Gasteiger partial charge < -0.3 is 5.32 Å². The molecule has 0 atom stereocenters. The zero-order valence-electron chi connectivity index (χ0n) is 7.67. The fourth-order valence-corrected chi connectivity index (χ4v) is 0.965. The van der Waals surface area contributed by atoms with Gasteiger partial charge >= 0.3 is 0 Å². The Balaban J connectivity index is 2.46. The summed E-state index contributed by atoms with van der Waals surface area (Å²) in [6.07, 6.45) is 5.80. The Labute approximate surface area is 73.2 Å². The van der Waals surface area contributed by atoms with E-state index in [0.29, 0.717) is 0 Å². The standard InChI is InChI=1S/C9H15N3/c1-3-4-5-11-9-8(2)10-6-7-12-9/h6-7H,3-5H2,1-2H3,(H,11,12). The minimum atomic E-state index is 0.908. The summed E-state index contributed by atoms with van der Waals surface area (Å²) in [5.74, 6) is 0.908. The van der Waals surface area contributed by atoms with Crippen LogP contribution < -0.4 is 5.32 Å². The molecule has 0 saturated carbocycles. The number of hydrogen-bond acceptors (Lipinski definition) is 3. The van der Waals surface area contributed by atoms with E-state index in [2.05, 4.69) is 22.2 Å². The minimum absolute atomic E-state index is 0.908. The highest BCUT2D eigenvalue weighted by molar-refractivity contribution is 5.37. The summed E-state index contributed by atoms with van der Waals surface area (Å²) in [6.45, 7) is 5.11. The maximum absolute atomic E-state index is 4.18. The summed E-state index contributed by atoms with van der Waals surface area (Å²) in [4.78, 5) is 8.31. The lowest BCUT2D eigenvalue weighted by Gasteiger charge is -2.05. The van der Waals surface area contributed by atoms with E-state index in [0.717, 1.165) is 18.1 Å². The number of nitrogens with zero attached hydrogens (tertiary/aromatic N) is 2. The van der Waals surface area contributed by atoms with Crippen LogP contribution >= 0.6 is 0 Å². The van der Waals surface area contributed by atoms with Crippen LogP contribution in [-0.2, 0) is 0 Å². The molecule has 0 fully saturated rings. The molecule has 0 aliphatic rings. The zero-order valence-corrected chi connectivity index (χ0v) is 7.67. The van der Waals surface area contributed by atoms with Gasteiger partial charge in [-0.25, -0.2) is 4.98 Å². The molecule has 0 aliphatic heterocycles. The van der Waals surface area contributed by atoms with Gasteiger partial charge in [0.15, 0.2) is 0 Å². The summed E-state index contributed by atoms with van der Waals surface area (Å²) >= 11 is 0. The predicted octanol–water partition coefficient (Wildman–Crippen LogP) is 2.00. The molecule has 1 heterocycles. The number of nitrogens with one attached hydrogen (secondary N) is 1. The number of aryl methyl sites for hydroxylation is 1. The van der Waals surface area contributed by atoms with E-state index in [1.165, 1.54) is 12.8 Å². The van der Waals surface area contributed by atoms with E-state index < -0.39 is 0 Å². The molecule has 1 aromatic rings. The Morgan fingerprint density at radius 2 is 2.08 bits per heavy atom. The van der Waals surface area contributed by atoms with Crippen molar-refractivity contribution < 1.29 is 0 Å². The van der Waals surface area contributed by atoms with Gasteiger partial charge in [-0.3, -0.25) is 4.98 Å². The van der Waals surface area contributed by atoms with Gasteiger partial charge in [0.25, 0.3) is 0 Å². The van der Waals surface area contributed by atoms with E-state index in [4.69, 9.17) is 0 Å². The van der Waals surface area contributed by atoms with Gasteiger partial charge in [0, 0.05) is 18.9 Å². The van der Waals surface area contributed by atoms with Gasteiger partial charge in [-0.2, -0.15) is 0 Å². The number of hydrogen-bond donors (Lipinski definition) is 1. The van der Waals surface area contributed by atoms with Crippen LogP contribution in [0.4, 0.5) is 5.82 Å². The molecule has 0 radical (unpaired) electrons. The molecule has 0 unspecified atom stereocenters. The first kappa shape index (κ1) is 8.97. The third-order valence-corrected chi connectivity index (χ3v) is 1.70. The average molecular weight is 165 g/mol. The monoisotopic (exact) mass is 165 g/mol. The molecule has 1 N–H and O–H groups in total. The molecule has 0 aromatic carbocycles. The molecule has 1 aromatic heterocycles. The van der Waals surface area contributed by atoms with Gasteiger partial charge in [0.05, 0.1) is 5.69 Å². The first-order valence-corrected chi connectivity index (χ1v) is 4.36. The van der Waals surface area contributed by atoms with Gasteiger partial charge in [0.2, 0.25) is 0 Å². The van der Waals surface area contributed by atoms with E-state index in [1.807, 2.05) is 6.92 Å². The van der Waals surface area contributed by atoms with Crippen LogP contribution in [0.3, 0.4) is 0 Å². The Kier molecular flexibility index (Phi) is 3.51. The van der Waals surface area contributed by atoms with Crippen molar-refractivity contribution in [1.82, 2.24) is 9.97 Å². The topological polar surface area (TPSA) is 37.8 Å². The molecule has 3 nitrogen and oxygen atoms in total. The first-order chi connectivity index (χ1) is 5.84. The SMILES string of the molecule is CCCCNc1nccnc1C. The molecule has 1 rings (SSSR count). The Bertz CT molecular complexity index is 235. The van der Waals surface area contributed by atoms with Crippen LogP contribution in [0.2, 0.25) is 0 Å². The number of aromatic nitrogens is 2. The highest BCUT2D eigenvalue weighted by atomic mass is 15.0. The van der Waals surface area contributed by atoms with Crippen molar-refractivity contribution in [2.45, 2.75) is 26.7 Å². The van der Waals surface area contributed by atoms with Crippen LogP contribution in [-0.4, -0.2) is 16.5 Å². The van der Waals surface area contributed by atoms with Crippen LogP contribution in [0.1, 0.15) is 25.5 Å². The normalized spacial score (nSPS) is 9.83. The Morgan fingerprint density at radius 3 is 2.75 bits per heavy atom. The van der Waals surface area contributed by atoms with Crippen molar-refractivity contribution in [3.8, 4) is 0 Å². The third kappa shape index (κ3) is 2.49. The van der Waals surface area contributed by atoms with E-state index in [-0.39, 0.29) is 0 Å². The molecule has 0 amide bonds. The average Bonchev–Trinajstić information content (AvgIpc) is 2.09. The van der Waals surface area contributed by atoms with Crippen molar-refractivity contribution in [2.24, 2.45) is 0 Å². The van der Waals surface area contributed by atoms with Gasteiger partial charge in [0.1, 0.15) is 5.82 Å². The molecule has 0 spiro atoms. The lowest BCUT2D eigenvalue weighted by atomic mass is 10.3. The fraction of sp³-hybridized carbons (Fsp3) is 0.556. The maximum Gasteiger partial charge on any atom is 0.147 e. The van der Waals surface area contributed by atoms with E-state index in [9.17, 15) is 0 Å². The van der Waals surface area contributed by atoms with Crippen molar-refractivity contribution in [3.05, 3.63) is 18.1 Å². The summed E-state index contributed by atoms with van der Waals surface area (Å²) < 4.78 is 0. The molecule has 3 heteroatoms. The van der Waals surface area contributed by atoms with Crippen LogP contribution in [0.15, 0.2) is 12.4 Å². The van der Waals surface area contributed by atoms with Crippen molar-refractivity contribution in [3.63, 3.8) is 0 Å². The second-order valence-corrected chi connectivity index (χ2v) is 2.77. The zero-order chi connectivity index (χ0) is 8.81. The minimum Gasteiger partial charge on any atom is -0.369 e. The molecular formula is C9H15N3. The molecule has 12 heavy (non-hydrogen) atoms. The summed E-state index contributed by atoms with van der Waals surface area (Å²) in [6, 6.07) is 0. The molecule has 0 aliphatic carbocycles. The van der Waals surface area contributed by atoms with E-state index >= 15 is 0 Å². The van der Waals surface area contributed by atoms with Crippen molar-refractivity contribution >= 4 is 5.82 Å². The second kappa shape index (κ2) is 4.70. The second-order valence-electron chi connectivity index (χ2n) is 2.77. The number of unbranched alkanes of at least 4 members (excludes halogenated alkanes) is 1. The maximum atomic E-state index is 4.18. The molecule has 0 bridgehead atoms. The van der Waals surface area contributed by atoms with Gasteiger partial charge in [-0.1, -0.05) is 13.3 Å². The van der Waals surface area contributed by atoms with Gasteiger partial charge in [-0.15, -0.1) is 0 Å². The third-order valence-electron chi connectivity index (χ3n) is 1.70. The molecule has 0 saturated heterocycles. The lowest BCUT2D eigenvalue weighted by molar-refractivity contribution is 0.828. The predicted molar refractivity (Wildman–Crippen MR) is 50.2 cm³/mol. The summed E-state index contributed by atoms with van der Waals surface area (Å²) in [5.41, 5.74) is 0.966. The highest BCUT2D eigenvalue weighted by Crippen LogP contribution is 2.05. The van der Waals surface area contributed by atoms with Crippen molar-refractivity contribution in [1.29, 1.82) is 0 Å². The first-order valence-electron chi connectivity index (χ1n) is 4.36. The number of anilines is 1. The summed E-state index contributed by atoms with van der Waals surface area (Å²) in [5, 5.41) is 3.24. The van der Waals surface area contributed by atoms with Crippen LogP contribution in [0, 0.1) is 6.92 Å². The largest absolute Gasteiger partial charge is 0.369 e. The Morgan fingerprint density at radius 1 is 1.33 bits per heavy atom. The quantitative estimate of drug-likeness (QED) is 0.693. The highest BCUT2D eigenvalue weighted by Gasteiger charge is 1.96. The van der Waals surface area contributed by atoms with Crippen LogP contribution in [0.5, 0.6) is 0 Å². The molecule has 66 valence electrons. The fourth-order valence-electron chi connectivity index (χ4n) is 0.965. The smallest absolute Gasteiger partial charge is 0.147 e.